The minimum Gasteiger partial charge on any atom is -0.406 e. The molecule has 0 aliphatic carbocycles. The smallest absolute Gasteiger partial charge is 0.406 e. The zero-order valence-electron chi connectivity index (χ0n) is 10.7. The monoisotopic (exact) mass is 282 g/mol. The lowest BCUT2D eigenvalue weighted by atomic mass is 10.0. The Hall–Kier alpha value is -2.24. The number of rotatable bonds is 3. The van der Waals surface area contributed by atoms with Crippen molar-refractivity contribution in [1.29, 1.82) is 0 Å². The third kappa shape index (κ3) is 3.63. The molecule has 2 rings (SSSR count). The summed E-state index contributed by atoms with van der Waals surface area (Å²) in [6, 6.07) is 7.56. The summed E-state index contributed by atoms with van der Waals surface area (Å²) in [6.07, 6.45) is -2.54. The van der Waals surface area contributed by atoms with Crippen molar-refractivity contribution in [1.82, 2.24) is 4.98 Å². The number of nitrogens with zero attached hydrogens (tertiary/aromatic N) is 1. The second kappa shape index (κ2) is 5.40. The molecule has 20 heavy (non-hydrogen) atoms. The second-order valence-electron chi connectivity index (χ2n) is 4.36. The van der Waals surface area contributed by atoms with Crippen molar-refractivity contribution in [2.75, 3.05) is 5.73 Å². The molecule has 0 radical (unpaired) electrons. The number of nitrogens with two attached hydrogens (primary N) is 1. The van der Waals surface area contributed by atoms with Crippen LogP contribution in [0.2, 0.25) is 0 Å². The van der Waals surface area contributed by atoms with Gasteiger partial charge in [-0.15, -0.1) is 13.2 Å². The first-order chi connectivity index (χ1) is 9.35. The van der Waals surface area contributed by atoms with E-state index in [9.17, 15) is 13.2 Å². The van der Waals surface area contributed by atoms with Crippen LogP contribution in [0.3, 0.4) is 0 Å². The Morgan fingerprint density at radius 1 is 1.15 bits per heavy atom. The molecule has 0 amide bonds. The van der Waals surface area contributed by atoms with Crippen LogP contribution in [0.4, 0.5) is 19.0 Å². The molecule has 1 aromatic carbocycles. The number of aryl methyl sites for hydroxylation is 1. The highest BCUT2D eigenvalue weighted by Crippen LogP contribution is 2.24. The fourth-order valence-electron chi connectivity index (χ4n) is 1.85. The van der Waals surface area contributed by atoms with Crippen LogP contribution in [0.25, 0.3) is 0 Å². The van der Waals surface area contributed by atoms with Gasteiger partial charge in [0.25, 0.3) is 0 Å². The SMILES string of the molecule is Cc1ccnc(N)c1Cc1ccc(OC(F)(F)F)cc1. The van der Waals surface area contributed by atoms with E-state index in [0.29, 0.717) is 12.2 Å². The first-order valence-corrected chi connectivity index (χ1v) is 5.90. The van der Waals surface area contributed by atoms with Gasteiger partial charge in [-0.1, -0.05) is 12.1 Å². The molecule has 0 aliphatic heterocycles. The lowest BCUT2D eigenvalue weighted by Gasteiger charge is -2.11. The number of hydrogen-bond donors (Lipinski definition) is 1. The number of pyridine rings is 1. The Kier molecular flexibility index (Phi) is 3.83. The lowest BCUT2D eigenvalue weighted by molar-refractivity contribution is -0.274. The third-order valence-electron chi connectivity index (χ3n) is 2.86. The predicted molar refractivity (Wildman–Crippen MR) is 69.3 cm³/mol. The van der Waals surface area contributed by atoms with Gasteiger partial charge in [0.15, 0.2) is 0 Å². The molecule has 3 nitrogen and oxygen atoms in total. The van der Waals surface area contributed by atoms with Crippen molar-refractivity contribution in [3.63, 3.8) is 0 Å². The summed E-state index contributed by atoms with van der Waals surface area (Å²) in [5, 5.41) is 0. The molecular weight excluding hydrogens is 269 g/mol. The van der Waals surface area contributed by atoms with Crippen molar-refractivity contribution < 1.29 is 17.9 Å². The number of nitrogen functional groups attached to an aromatic ring is 1. The second-order valence-corrected chi connectivity index (χ2v) is 4.36. The molecule has 106 valence electrons. The fraction of sp³-hybridized carbons (Fsp3) is 0.214. The zero-order chi connectivity index (χ0) is 14.8. The van der Waals surface area contributed by atoms with E-state index in [2.05, 4.69) is 9.72 Å². The van der Waals surface area contributed by atoms with Crippen LogP contribution < -0.4 is 10.5 Å². The topological polar surface area (TPSA) is 48.1 Å². The van der Waals surface area contributed by atoms with E-state index < -0.39 is 6.36 Å². The van der Waals surface area contributed by atoms with Crippen LogP contribution >= 0.6 is 0 Å². The average Bonchev–Trinajstić information content (AvgIpc) is 2.34. The number of aromatic nitrogens is 1. The van der Waals surface area contributed by atoms with Gasteiger partial charge in [-0.3, -0.25) is 0 Å². The van der Waals surface area contributed by atoms with Gasteiger partial charge < -0.3 is 10.5 Å². The minimum atomic E-state index is -4.67. The van der Waals surface area contributed by atoms with Crippen molar-refractivity contribution in [2.45, 2.75) is 19.7 Å². The molecule has 0 bridgehead atoms. The molecule has 0 unspecified atom stereocenters. The van der Waals surface area contributed by atoms with E-state index in [0.717, 1.165) is 16.7 Å². The molecule has 1 aromatic heterocycles. The summed E-state index contributed by atoms with van der Waals surface area (Å²) >= 11 is 0. The summed E-state index contributed by atoms with van der Waals surface area (Å²) in [5.74, 6) is 0.192. The van der Waals surface area contributed by atoms with Crippen LogP contribution in [-0.2, 0) is 6.42 Å². The number of ether oxygens (including phenoxy) is 1. The highest BCUT2D eigenvalue weighted by molar-refractivity contribution is 5.47. The van der Waals surface area contributed by atoms with Gasteiger partial charge >= 0.3 is 6.36 Å². The maximum absolute atomic E-state index is 12.0. The molecule has 0 saturated carbocycles. The zero-order valence-corrected chi connectivity index (χ0v) is 10.7. The highest BCUT2D eigenvalue weighted by Gasteiger charge is 2.30. The Morgan fingerprint density at radius 2 is 1.80 bits per heavy atom. The predicted octanol–water partition coefficient (Wildman–Crippen LogP) is 3.46. The number of anilines is 1. The first-order valence-electron chi connectivity index (χ1n) is 5.90. The van der Waals surface area contributed by atoms with E-state index in [1.165, 1.54) is 12.1 Å². The maximum Gasteiger partial charge on any atom is 0.573 e. The molecule has 2 aromatic rings. The summed E-state index contributed by atoms with van der Waals surface area (Å²) < 4.78 is 40.0. The maximum atomic E-state index is 12.0. The number of hydrogen-bond acceptors (Lipinski definition) is 3. The molecule has 0 atom stereocenters. The molecule has 0 fully saturated rings. The van der Waals surface area contributed by atoms with Gasteiger partial charge in [-0.05, 0) is 36.2 Å². The lowest BCUT2D eigenvalue weighted by Crippen LogP contribution is -2.17. The van der Waals surface area contributed by atoms with Gasteiger partial charge in [-0.2, -0.15) is 0 Å². The third-order valence-corrected chi connectivity index (χ3v) is 2.86. The molecule has 2 N–H and O–H groups in total. The summed E-state index contributed by atoms with van der Waals surface area (Å²) in [7, 11) is 0. The average molecular weight is 282 g/mol. The summed E-state index contributed by atoms with van der Waals surface area (Å²) in [4.78, 5) is 4.01. The summed E-state index contributed by atoms with van der Waals surface area (Å²) in [5.41, 5.74) is 8.50. The van der Waals surface area contributed by atoms with E-state index in [4.69, 9.17) is 5.73 Å². The standard InChI is InChI=1S/C14H13F3N2O/c1-9-6-7-19-13(18)12(9)8-10-2-4-11(5-3-10)20-14(15,16)17/h2-7H,8H2,1H3,(H2,18,19). The van der Waals surface area contributed by atoms with Crippen LogP contribution in [0.5, 0.6) is 5.75 Å². The number of halogens is 3. The first kappa shape index (κ1) is 14.2. The number of alkyl halides is 3. The van der Waals surface area contributed by atoms with E-state index in [-0.39, 0.29) is 5.75 Å². The molecule has 0 saturated heterocycles. The van der Waals surface area contributed by atoms with Crippen LogP contribution in [0, 0.1) is 6.92 Å². The van der Waals surface area contributed by atoms with Crippen LogP contribution in [0.15, 0.2) is 36.5 Å². The van der Waals surface area contributed by atoms with Crippen molar-refractivity contribution in [2.24, 2.45) is 0 Å². The summed E-state index contributed by atoms with van der Waals surface area (Å²) in [6.45, 7) is 1.91. The molecule has 6 heteroatoms. The Labute approximate surface area is 114 Å². The van der Waals surface area contributed by atoms with Crippen LogP contribution in [-0.4, -0.2) is 11.3 Å². The minimum absolute atomic E-state index is 0.239. The Morgan fingerprint density at radius 3 is 2.35 bits per heavy atom. The van der Waals surface area contributed by atoms with Crippen molar-refractivity contribution in [3.05, 3.63) is 53.2 Å². The van der Waals surface area contributed by atoms with Gasteiger partial charge in [0.2, 0.25) is 0 Å². The van der Waals surface area contributed by atoms with E-state index in [1.807, 2.05) is 13.0 Å². The number of benzene rings is 1. The largest absolute Gasteiger partial charge is 0.573 e. The molecular formula is C14H13F3N2O. The Bertz CT molecular complexity index is 574. The quantitative estimate of drug-likeness (QED) is 0.937. The Balaban J connectivity index is 2.15. The van der Waals surface area contributed by atoms with Gasteiger partial charge in [0.1, 0.15) is 11.6 Å². The molecule has 1 heterocycles. The van der Waals surface area contributed by atoms with Gasteiger partial charge in [0, 0.05) is 18.2 Å². The fourth-order valence-corrected chi connectivity index (χ4v) is 1.85. The molecule has 0 spiro atoms. The van der Waals surface area contributed by atoms with E-state index >= 15 is 0 Å². The molecule has 0 aliphatic rings. The van der Waals surface area contributed by atoms with Gasteiger partial charge in [-0.25, -0.2) is 4.98 Å². The highest BCUT2D eigenvalue weighted by atomic mass is 19.4. The van der Waals surface area contributed by atoms with E-state index in [1.54, 1.807) is 18.3 Å². The van der Waals surface area contributed by atoms with Crippen molar-refractivity contribution in [3.8, 4) is 5.75 Å². The normalized spacial score (nSPS) is 11.4. The van der Waals surface area contributed by atoms with Gasteiger partial charge in [0.05, 0.1) is 0 Å². The van der Waals surface area contributed by atoms with Crippen LogP contribution in [0.1, 0.15) is 16.7 Å². The van der Waals surface area contributed by atoms with Crippen molar-refractivity contribution >= 4 is 5.82 Å².